The van der Waals surface area contributed by atoms with Gasteiger partial charge in [0.15, 0.2) is 5.69 Å². The number of alkyl halides is 2. The van der Waals surface area contributed by atoms with Crippen molar-refractivity contribution < 1.29 is 23.4 Å². The van der Waals surface area contributed by atoms with E-state index in [1.54, 1.807) is 21.7 Å². The summed E-state index contributed by atoms with van der Waals surface area (Å²) in [4.78, 5) is 17.1. The fourth-order valence-corrected chi connectivity index (χ4v) is 3.82. The van der Waals surface area contributed by atoms with E-state index in [4.69, 9.17) is 5.11 Å². The monoisotopic (exact) mass is 430 g/mol. The van der Waals surface area contributed by atoms with E-state index in [1.807, 2.05) is 24.3 Å². The molecule has 0 spiro atoms. The Labute approximate surface area is 178 Å². The molecule has 0 bridgehead atoms. The third kappa shape index (κ3) is 4.83. The summed E-state index contributed by atoms with van der Waals surface area (Å²) in [6.45, 7) is 0.874. The van der Waals surface area contributed by atoms with Crippen LogP contribution in [0.2, 0.25) is 0 Å². The highest BCUT2D eigenvalue weighted by Gasteiger charge is 2.26. The van der Waals surface area contributed by atoms with Crippen LogP contribution < -0.4 is 4.74 Å². The van der Waals surface area contributed by atoms with Gasteiger partial charge in [-0.3, -0.25) is 14.4 Å². The average Bonchev–Trinajstić information content (AvgIpc) is 3.13. The lowest BCUT2D eigenvalue weighted by molar-refractivity contribution is -0.0498. The lowest BCUT2D eigenvalue weighted by Crippen LogP contribution is -2.49. The van der Waals surface area contributed by atoms with Crippen LogP contribution in [0, 0.1) is 0 Å². The van der Waals surface area contributed by atoms with Crippen LogP contribution in [0.4, 0.5) is 8.78 Å². The molecule has 7 nitrogen and oxygen atoms in total. The van der Waals surface area contributed by atoms with Crippen molar-refractivity contribution in [1.82, 2.24) is 19.6 Å². The van der Waals surface area contributed by atoms with Gasteiger partial charge in [0.1, 0.15) is 5.75 Å². The van der Waals surface area contributed by atoms with Gasteiger partial charge < -0.3 is 14.7 Å². The van der Waals surface area contributed by atoms with Gasteiger partial charge in [0.25, 0.3) is 5.91 Å². The second kappa shape index (κ2) is 9.40. The number of β-amino-alcohol motifs (C(OH)–C–C–N with tert-alkyl or cyclic N) is 1. The molecule has 0 radical (unpaired) electrons. The molecule has 1 aliphatic heterocycles. The molecule has 0 saturated carbocycles. The Morgan fingerprint density at radius 1 is 1.06 bits per heavy atom. The number of para-hydroxylation sites is 1. The van der Waals surface area contributed by atoms with Gasteiger partial charge in [-0.25, -0.2) is 0 Å². The van der Waals surface area contributed by atoms with Gasteiger partial charge in [0.2, 0.25) is 0 Å². The molecule has 0 unspecified atom stereocenters. The van der Waals surface area contributed by atoms with Gasteiger partial charge in [-0.1, -0.05) is 30.3 Å². The number of ether oxygens (including phenoxy) is 1. The van der Waals surface area contributed by atoms with Crippen molar-refractivity contribution in [3.8, 4) is 5.75 Å². The molecule has 0 aliphatic carbocycles. The molecular weight excluding hydrogens is 406 g/mol. The largest absolute Gasteiger partial charge is 0.435 e. The van der Waals surface area contributed by atoms with Crippen molar-refractivity contribution in [2.45, 2.75) is 13.2 Å². The second-order valence-corrected chi connectivity index (χ2v) is 7.40. The van der Waals surface area contributed by atoms with Crippen molar-refractivity contribution >= 4 is 16.8 Å². The predicted octanol–water partition coefficient (Wildman–Crippen LogP) is 2.44. The Bertz CT molecular complexity index is 1030. The van der Waals surface area contributed by atoms with Crippen LogP contribution in [-0.2, 0) is 6.54 Å². The number of carbonyl (C=O) groups excluding carboxylic acids is 1. The summed E-state index contributed by atoms with van der Waals surface area (Å²) in [6, 6.07) is 13.9. The number of fused-ring (bicyclic) bond motifs is 1. The standard InChI is InChI=1S/C22H24F2N4O3/c23-22(24)31-17-7-5-16(6-8-17)15-28-19-4-2-1-3-18(19)20(25-28)21(30)27-11-9-26(10-12-27)13-14-29/h1-8,22,29H,9-15H2. The summed E-state index contributed by atoms with van der Waals surface area (Å²) in [5.41, 5.74) is 2.09. The van der Waals surface area contributed by atoms with E-state index in [0.29, 0.717) is 31.9 Å². The number of nitrogens with zero attached hydrogens (tertiary/aromatic N) is 4. The van der Waals surface area contributed by atoms with Gasteiger partial charge in [-0.15, -0.1) is 0 Å². The highest BCUT2D eigenvalue weighted by Crippen LogP contribution is 2.22. The van der Waals surface area contributed by atoms with Gasteiger partial charge in [-0.2, -0.15) is 13.9 Å². The average molecular weight is 430 g/mol. The van der Waals surface area contributed by atoms with Crippen molar-refractivity contribution in [1.29, 1.82) is 0 Å². The maximum Gasteiger partial charge on any atom is 0.387 e. The van der Waals surface area contributed by atoms with E-state index < -0.39 is 6.61 Å². The van der Waals surface area contributed by atoms with Crippen molar-refractivity contribution in [2.24, 2.45) is 0 Å². The number of aliphatic hydroxyl groups is 1. The summed E-state index contributed by atoms with van der Waals surface area (Å²) in [5, 5.41) is 14.5. The maximum atomic E-state index is 13.2. The zero-order chi connectivity index (χ0) is 21.8. The number of hydrogen-bond acceptors (Lipinski definition) is 5. The first-order valence-electron chi connectivity index (χ1n) is 10.2. The molecule has 9 heteroatoms. The lowest BCUT2D eigenvalue weighted by Gasteiger charge is -2.34. The number of rotatable bonds is 7. The number of piperazine rings is 1. The first-order valence-corrected chi connectivity index (χ1v) is 10.2. The van der Waals surface area contributed by atoms with Gasteiger partial charge >= 0.3 is 6.61 Å². The normalized spacial score (nSPS) is 15.0. The Morgan fingerprint density at radius 2 is 1.77 bits per heavy atom. The number of hydrogen-bond donors (Lipinski definition) is 1. The second-order valence-electron chi connectivity index (χ2n) is 7.40. The molecule has 4 rings (SSSR count). The van der Waals surface area contributed by atoms with Crippen LogP contribution in [0.15, 0.2) is 48.5 Å². The summed E-state index contributed by atoms with van der Waals surface area (Å²) in [5.74, 6) is -0.0143. The van der Waals surface area contributed by atoms with Crippen LogP contribution in [0.25, 0.3) is 10.9 Å². The minimum absolute atomic E-state index is 0.0975. The molecule has 1 N–H and O–H groups in total. The number of carbonyl (C=O) groups is 1. The molecular formula is C22H24F2N4O3. The van der Waals surface area contributed by atoms with Crippen LogP contribution in [-0.4, -0.2) is 76.5 Å². The maximum absolute atomic E-state index is 13.2. The van der Waals surface area contributed by atoms with Gasteiger partial charge in [-0.05, 0) is 23.8 Å². The third-order valence-corrected chi connectivity index (χ3v) is 5.42. The summed E-state index contributed by atoms with van der Waals surface area (Å²) >= 11 is 0. The van der Waals surface area contributed by atoms with Crippen LogP contribution in [0.5, 0.6) is 5.75 Å². The first-order chi connectivity index (χ1) is 15.0. The Kier molecular flexibility index (Phi) is 6.43. The quantitative estimate of drug-likeness (QED) is 0.624. The summed E-state index contributed by atoms with van der Waals surface area (Å²) in [7, 11) is 0. The van der Waals surface area contributed by atoms with Crippen molar-refractivity contribution in [3.63, 3.8) is 0 Å². The van der Waals surface area contributed by atoms with Crippen LogP contribution in [0.3, 0.4) is 0 Å². The fourth-order valence-electron chi connectivity index (χ4n) is 3.82. The van der Waals surface area contributed by atoms with Crippen molar-refractivity contribution in [3.05, 3.63) is 59.8 Å². The number of benzene rings is 2. The minimum Gasteiger partial charge on any atom is -0.435 e. The molecule has 1 aromatic heterocycles. The van der Waals surface area contributed by atoms with E-state index in [0.717, 1.165) is 29.6 Å². The van der Waals surface area contributed by atoms with E-state index in [9.17, 15) is 13.6 Å². The molecule has 31 heavy (non-hydrogen) atoms. The number of aliphatic hydroxyl groups excluding tert-OH is 1. The Balaban J connectivity index is 1.54. The summed E-state index contributed by atoms with van der Waals surface area (Å²) in [6.07, 6.45) is 0. The van der Waals surface area contributed by atoms with Gasteiger partial charge in [0.05, 0.1) is 18.7 Å². The van der Waals surface area contributed by atoms with E-state index >= 15 is 0 Å². The lowest BCUT2D eigenvalue weighted by atomic mass is 10.1. The topological polar surface area (TPSA) is 70.8 Å². The number of halogens is 2. The molecule has 164 valence electrons. The zero-order valence-electron chi connectivity index (χ0n) is 17.0. The molecule has 1 fully saturated rings. The van der Waals surface area contributed by atoms with E-state index in [-0.39, 0.29) is 18.3 Å². The van der Waals surface area contributed by atoms with E-state index in [2.05, 4.69) is 14.7 Å². The van der Waals surface area contributed by atoms with Crippen LogP contribution >= 0.6 is 0 Å². The summed E-state index contributed by atoms with van der Waals surface area (Å²) < 4.78 is 30.8. The minimum atomic E-state index is -2.86. The third-order valence-electron chi connectivity index (χ3n) is 5.42. The highest BCUT2D eigenvalue weighted by molar-refractivity contribution is 6.04. The molecule has 1 amide bonds. The van der Waals surface area contributed by atoms with E-state index in [1.165, 1.54) is 12.1 Å². The molecule has 1 aliphatic rings. The molecule has 0 atom stereocenters. The zero-order valence-corrected chi connectivity index (χ0v) is 17.0. The molecule has 1 saturated heterocycles. The SMILES string of the molecule is O=C(c1nn(Cc2ccc(OC(F)F)cc2)c2ccccc12)N1CCN(CCO)CC1. The molecule has 2 aromatic carbocycles. The smallest absolute Gasteiger partial charge is 0.387 e. The Hall–Kier alpha value is -3.04. The van der Waals surface area contributed by atoms with Crippen molar-refractivity contribution in [2.75, 3.05) is 39.3 Å². The first kappa shape index (κ1) is 21.2. The predicted molar refractivity (Wildman–Crippen MR) is 111 cm³/mol. The highest BCUT2D eigenvalue weighted by atomic mass is 19.3. The van der Waals surface area contributed by atoms with Gasteiger partial charge in [0, 0.05) is 38.1 Å². The van der Waals surface area contributed by atoms with Crippen LogP contribution in [0.1, 0.15) is 16.1 Å². The Morgan fingerprint density at radius 3 is 2.45 bits per heavy atom. The fraction of sp³-hybridized carbons (Fsp3) is 0.364. The number of amides is 1. The number of aromatic nitrogens is 2. The molecule has 2 heterocycles. The molecule has 3 aromatic rings.